The van der Waals surface area contributed by atoms with Gasteiger partial charge in [-0.05, 0) is 34.1 Å². The molecule has 0 radical (unpaired) electrons. The fraction of sp³-hybridized carbons (Fsp3) is 0.688. The first-order chi connectivity index (χ1) is 11.6. The molecule has 9 heteroatoms. The summed E-state index contributed by atoms with van der Waals surface area (Å²) in [5, 5.41) is 3.66. The summed E-state index contributed by atoms with van der Waals surface area (Å²) in [6.45, 7) is 11.5. The van der Waals surface area contributed by atoms with E-state index in [-0.39, 0.29) is 11.3 Å². The average molecular weight is 356 g/mol. The first-order valence-corrected chi connectivity index (χ1v) is 8.37. The number of hydrogen-bond acceptors (Lipinski definition) is 5. The van der Waals surface area contributed by atoms with Crippen molar-refractivity contribution in [1.29, 1.82) is 0 Å². The molecule has 2 aromatic heterocycles. The summed E-state index contributed by atoms with van der Waals surface area (Å²) < 4.78 is 40.1. The first kappa shape index (κ1) is 17.9. The molecule has 2 aromatic rings. The van der Waals surface area contributed by atoms with Gasteiger partial charge in [0.1, 0.15) is 5.82 Å². The summed E-state index contributed by atoms with van der Waals surface area (Å²) in [5.41, 5.74) is 0.691. The molecule has 0 unspecified atom stereocenters. The van der Waals surface area contributed by atoms with E-state index < -0.39 is 12.0 Å². The maximum absolute atomic E-state index is 13.0. The maximum atomic E-state index is 13.0. The minimum absolute atomic E-state index is 0.0146. The predicted molar refractivity (Wildman–Crippen MR) is 88.7 cm³/mol. The van der Waals surface area contributed by atoms with Crippen LogP contribution in [-0.4, -0.2) is 56.2 Å². The summed E-state index contributed by atoms with van der Waals surface area (Å²) in [6, 6.07) is 1.77. The molecule has 1 saturated heterocycles. The van der Waals surface area contributed by atoms with Crippen LogP contribution in [-0.2, 0) is 6.18 Å². The number of halogens is 3. The highest BCUT2D eigenvalue weighted by molar-refractivity contribution is 5.48. The van der Waals surface area contributed by atoms with Gasteiger partial charge < -0.3 is 4.90 Å². The van der Waals surface area contributed by atoms with E-state index in [0.29, 0.717) is 11.5 Å². The van der Waals surface area contributed by atoms with Gasteiger partial charge in [0, 0.05) is 43.5 Å². The van der Waals surface area contributed by atoms with Crippen LogP contribution in [0.15, 0.2) is 6.07 Å². The summed E-state index contributed by atoms with van der Waals surface area (Å²) in [4.78, 5) is 12.1. The second-order valence-electron chi connectivity index (χ2n) is 7.40. The lowest BCUT2D eigenvalue weighted by Crippen LogP contribution is -2.43. The fourth-order valence-electron chi connectivity index (χ4n) is 3.13. The van der Waals surface area contributed by atoms with Crippen molar-refractivity contribution in [3.63, 3.8) is 0 Å². The van der Waals surface area contributed by atoms with Crippen molar-refractivity contribution in [1.82, 2.24) is 24.5 Å². The average Bonchev–Trinajstić information content (AvgIpc) is 2.75. The van der Waals surface area contributed by atoms with Crippen LogP contribution < -0.4 is 4.90 Å². The lowest BCUT2D eigenvalue weighted by Gasteiger charge is -2.34. The van der Waals surface area contributed by atoms with Crippen LogP contribution in [0.1, 0.15) is 38.7 Å². The van der Waals surface area contributed by atoms with Gasteiger partial charge in [-0.2, -0.15) is 22.7 Å². The summed E-state index contributed by atoms with van der Waals surface area (Å²) in [5.74, 6) is -0.557. The number of aryl methyl sites for hydroxylation is 1. The highest BCUT2D eigenvalue weighted by atomic mass is 19.4. The molecule has 1 fully saturated rings. The topological polar surface area (TPSA) is 49.6 Å². The highest BCUT2D eigenvalue weighted by Crippen LogP contribution is 2.28. The Morgan fingerprint density at radius 2 is 1.72 bits per heavy atom. The van der Waals surface area contributed by atoms with Gasteiger partial charge >= 0.3 is 6.18 Å². The van der Waals surface area contributed by atoms with Crippen molar-refractivity contribution in [2.24, 2.45) is 0 Å². The molecule has 138 valence electrons. The van der Waals surface area contributed by atoms with Crippen molar-refractivity contribution in [3.05, 3.63) is 17.6 Å². The van der Waals surface area contributed by atoms with Gasteiger partial charge in [-0.15, -0.1) is 5.10 Å². The minimum Gasteiger partial charge on any atom is -0.355 e. The molecule has 0 saturated carbocycles. The number of hydrogen-bond donors (Lipinski definition) is 0. The minimum atomic E-state index is -4.58. The van der Waals surface area contributed by atoms with Crippen molar-refractivity contribution >= 4 is 11.6 Å². The number of nitrogens with zero attached hydrogens (tertiary/aromatic N) is 6. The van der Waals surface area contributed by atoms with Crippen LogP contribution in [0.25, 0.3) is 5.78 Å². The Labute approximate surface area is 144 Å². The van der Waals surface area contributed by atoms with Crippen LogP contribution in [0.5, 0.6) is 0 Å². The Morgan fingerprint density at radius 3 is 2.36 bits per heavy atom. The molecule has 0 spiro atoms. The number of anilines is 1. The third kappa shape index (κ3) is 3.70. The second kappa shape index (κ2) is 6.12. The van der Waals surface area contributed by atoms with E-state index >= 15 is 0 Å². The standard InChI is InChI=1S/C16H23F3N6/c1-11-10-12(23-6-5-7-24(9-8-23)15(2,3)4)25-14(20-11)21-13(22-25)16(17,18)19/h10H,5-9H2,1-4H3. The Kier molecular flexibility index (Phi) is 4.38. The molecule has 3 rings (SSSR count). The third-order valence-corrected chi connectivity index (χ3v) is 4.44. The van der Waals surface area contributed by atoms with E-state index in [9.17, 15) is 13.2 Å². The van der Waals surface area contributed by atoms with E-state index in [1.165, 1.54) is 4.52 Å². The van der Waals surface area contributed by atoms with Crippen molar-refractivity contribution < 1.29 is 13.2 Å². The van der Waals surface area contributed by atoms with Gasteiger partial charge in [0.15, 0.2) is 0 Å². The van der Waals surface area contributed by atoms with Crippen LogP contribution >= 0.6 is 0 Å². The zero-order valence-electron chi connectivity index (χ0n) is 14.9. The highest BCUT2D eigenvalue weighted by Gasteiger charge is 2.37. The molecule has 1 aliphatic heterocycles. The normalized spacial score (nSPS) is 18.0. The SMILES string of the molecule is Cc1cc(N2CCCN(C(C)(C)C)CC2)n2nc(C(F)(F)F)nc2n1. The molecule has 6 nitrogen and oxygen atoms in total. The van der Waals surface area contributed by atoms with Gasteiger partial charge in [0.2, 0.25) is 0 Å². The molecule has 0 aliphatic carbocycles. The monoisotopic (exact) mass is 356 g/mol. The van der Waals surface area contributed by atoms with E-state index in [1.807, 2.05) is 0 Å². The number of rotatable bonds is 1. The Morgan fingerprint density at radius 1 is 1.00 bits per heavy atom. The Balaban J connectivity index is 1.96. The summed E-state index contributed by atoms with van der Waals surface area (Å²) in [6.07, 6.45) is -3.65. The lowest BCUT2D eigenvalue weighted by atomic mass is 10.1. The summed E-state index contributed by atoms with van der Waals surface area (Å²) >= 11 is 0. The van der Waals surface area contributed by atoms with Crippen molar-refractivity contribution in [3.8, 4) is 0 Å². The van der Waals surface area contributed by atoms with Crippen LogP contribution in [0, 0.1) is 6.92 Å². The van der Waals surface area contributed by atoms with Crippen molar-refractivity contribution in [2.45, 2.75) is 45.8 Å². The molecule has 0 aromatic carbocycles. The largest absolute Gasteiger partial charge is 0.453 e. The quantitative estimate of drug-likeness (QED) is 0.786. The second-order valence-corrected chi connectivity index (χ2v) is 7.40. The van der Waals surface area contributed by atoms with Crippen LogP contribution in [0.3, 0.4) is 0 Å². The Hall–Kier alpha value is -1.90. The first-order valence-electron chi connectivity index (χ1n) is 8.37. The summed E-state index contributed by atoms with van der Waals surface area (Å²) in [7, 11) is 0. The number of aromatic nitrogens is 4. The van der Waals surface area contributed by atoms with Crippen LogP contribution in [0.4, 0.5) is 19.0 Å². The predicted octanol–water partition coefficient (Wildman–Crippen LogP) is 2.76. The Bertz CT molecular complexity index is 762. The third-order valence-electron chi connectivity index (χ3n) is 4.44. The molecular weight excluding hydrogens is 333 g/mol. The lowest BCUT2D eigenvalue weighted by molar-refractivity contribution is -0.144. The van der Waals surface area contributed by atoms with E-state index in [2.05, 4.69) is 45.6 Å². The molecule has 0 amide bonds. The maximum Gasteiger partial charge on any atom is 0.453 e. The molecule has 0 N–H and O–H groups in total. The van der Waals surface area contributed by atoms with Gasteiger partial charge in [-0.3, -0.25) is 4.90 Å². The molecule has 25 heavy (non-hydrogen) atoms. The van der Waals surface area contributed by atoms with Gasteiger partial charge in [-0.1, -0.05) is 0 Å². The molecule has 3 heterocycles. The zero-order chi connectivity index (χ0) is 18.4. The number of fused-ring (bicyclic) bond motifs is 1. The molecule has 0 atom stereocenters. The number of alkyl halides is 3. The fourth-order valence-corrected chi connectivity index (χ4v) is 3.13. The van der Waals surface area contributed by atoms with Gasteiger partial charge in [-0.25, -0.2) is 4.98 Å². The van der Waals surface area contributed by atoms with Gasteiger partial charge in [0.05, 0.1) is 0 Å². The van der Waals surface area contributed by atoms with E-state index in [0.717, 1.165) is 32.6 Å². The smallest absolute Gasteiger partial charge is 0.355 e. The van der Waals surface area contributed by atoms with E-state index in [1.54, 1.807) is 13.0 Å². The van der Waals surface area contributed by atoms with Crippen LogP contribution in [0.2, 0.25) is 0 Å². The molecular formula is C16H23F3N6. The van der Waals surface area contributed by atoms with Crippen molar-refractivity contribution in [2.75, 3.05) is 31.1 Å². The van der Waals surface area contributed by atoms with E-state index in [4.69, 9.17) is 0 Å². The van der Waals surface area contributed by atoms with Gasteiger partial charge in [0.25, 0.3) is 11.6 Å². The zero-order valence-corrected chi connectivity index (χ0v) is 14.9. The molecule has 0 bridgehead atoms. The molecule has 1 aliphatic rings.